The van der Waals surface area contributed by atoms with Crippen LogP contribution in [0, 0.1) is 6.92 Å². The second kappa shape index (κ2) is 8.24. The number of carbonyl (C=O) groups is 1. The summed E-state index contributed by atoms with van der Waals surface area (Å²) in [5.41, 5.74) is 1.63. The zero-order valence-electron chi connectivity index (χ0n) is 10.4. The van der Waals surface area contributed by atoms with Crippen LogP contribution >= 0.6 is 15.9 Å². The van der Waals surface area contributed by atoms with Gasteiger partial charge in [-0.1, -0.05) is 15.9 Å². The van der Waals surface area contributed by atoms with E-state index in [1.165, 1.54) is 0 Å². The fourth-order valence-corrected chi connectivity index (χ4v) is 2.00. The van der Waals surface area contributed by atoms with Gasteiger partial charge in [-0.15, -0.1) is 0 Å². The Morgan fingerprint density at radius 1 is 1.44 bits per heavy atom. The number of rotatable bonds is 7. The normalized spacial score (nSPS) is 10.4. The Labute approximate surface area is 115 Å². The fraction of sp³-hybridized carbons (Fsp3) is 0.462. The molecule has 5 heteroatoms. The molecule has 0 aliphatic carbocycles. The van der Waals surface area contributed by atoms with Crippen molar-refractivity contribution >= 4 is 21.8 Å². The van der Waals surface area contributed by atoms with E-state index >= 15 is 0 Å². The molecule has 0 fully saturated rings. The number of amides is 1. The van der Waals surface area contributed by atoms with Gasteiger partial charge in [-0.2, -0.15) is 0 Å². The molecule has 0 atom stereocenters. The van der Waals surface area contributed by atoms with Crippen LogP contribution in [0.15, 0.2) is 22.7 Å². The van der Waals surface area contributed by atoms with Crippen LogP contribution in [0.2, 0.25) is 0 Å². The van der Waals surface area contributed by atoms with Gasteiger partial charge in [-0.25, -0.2) is 0 Å². The van der Waals surface area contributed by atoms with Gasteiger partial charge in [0.05, 0.1) is 13.2 Å². The van der Waals surface area contributed by atoms with Gasteiger partial charge < -0.3 is 15.2 Å². The summed E-state index contributed by atoms with van der Waals surface area (Å²) in [7, 11) is 0. The Hall–Kier alpha value is -0.910. The molecule has 0 radical (unpaired) electrons. The Morgan fingerprint density at radius 2 is 2.22 bits per heavy atom. The summed E-state index contributed by atoms with van der Waals surface area (Å²) in [6.45, 7) is 3.40. The van der Waals surface area contributed by atoms with Gasteiger partial charge in [0.1, 0.15) is 0 Å². The van der Waals surface area contributed by atoms with Crippen molar-refractivity contribution in [3.05, 3.63) is 33.8 Å². The summed E-state index contributed by atoms with van der Waals surface area (Å²) in [5.74, 6) is -0.0674. The highest BCUT2D eigenvalue weighted by Crippen LogP contribution is 2.15. The van der Waals surface area contributed by atoms with Crippen molar-refractivity contribution in [3.63, 3.8) is 0 Å². The molecule has 18 heavy (non-hydrogen) atoms. The van der Waals surface area contributed by atoms with E-state index in [9.17, 15) is 4.79 Å². The number of nitrogens with one attached hydrogen (secondary N) is 1. The van der Waals surface area contributed by atoms with Crippen molar-refractivity contribution in [1.82, 2.24) is 5.32 Å². The lowest BCUT2D eigenvalue weighted by Crippen LogP contribution is -2.26. The van der Waals surface area contributed by atoms with E-state index in [1.54, 1.807) is 6.07 Å². The number of carbonyl (C=O) groups excluding carboxylic acids is 1. The van der Waals surface area contributed by atoms with Crippen LogP contribution in [0.4, 0.5) is 0 Å². The van der Waals surface area contributed by atoms with Crippen molar-refractivity contribution in [1.29, 1.82) is 0 Å². The molecule has 0 saturated heterocycles. The maximum atomic E-state index is 11.9. The zero-order chi connectivity index (χ0) is 13.4. The lowest BCUT2D eigenvalue weighted by molar-refractivity contribution is 0.0867. The standard InChI is InChI=1S/C13H18BrNO3/c1-10-9-11(14)3-4-12(10)13(17)15-5-2-7-18-8-6-16/h3-4,9,16H,2,5-8H2,1H3,(H,15,17). The van der Waals surface area contributed by atoms with Crippen LogP contribution in [-0.2, 0) is 4.74 Å². The highest BCUT2D eigenvalue weighted by molar-refractivity contribution is 9.10. The maximum absolute atomic E-state index is 11.9. The first kappa shape index (κ1) is 15.1. The van der Waals surface area contributed by atoms with Crippen LogP contribution in [0.1, 0.15) is 22.3 Å². The van der Waals surface area contributed by atoms with E-state index in [4.69, 9.17) is 9.84 Å². The molecule has 0 heterocycles. The van der Waals surface area contributed by atoms with E-state index in [-0.39, 0.29) is 12.5 Å². The van der Waals surface area contributed by atoms with Crippen molar-refractivity contribution in [2.45, 2.75) is 13.3 Å². The van der Waals surface area contributed by atoms with Crippen molar-refractivity contribution in [2.75, 3.05) is 26.4 Å². The smallest absolute Gasteiger partial charge is 0.251 e. The first-order valence-corrected chi connectivity index (χ1v) is 6.67. The molecular formula is C13H18BrNO3. The Bertz CT molecular complexity index is 396. The van der Waals surface area contributed by atoms with Crippen molar-refractivity contribution in [3.8, 4) is 0 Å². The number of halogens is 1. The summed E-state index contributed by atoms with van der Waals surface area (Å²) in [6.07, 6.45) is 0.737. The number of ether oxygens (including phenoxy) is 1. The molecule has 1 amide bonds. The molecule has 1 aromatic carbocycles. The molecule has 0 aliphatic rings. The number of aliphatic hydroxyl groups excluding tert-OH is 1. The predicted octanol–water partition coefficient (Wildman–Crippen LogP) is 1.89. The third-order valence-electron chi connectivity index (χ3n) is 2.42. The van der Waals surface area contributed by atoms with E-state index < -0.39 is 0 Å². The monoisotopic (exact) mass is 315 g/mol. The third kappa shape index (κ3) is 5.16. The molecule has 100 valence electrons. The quantitative estimate of drug-likeness (QED) is 0.755. The summed E-state index contributed by atoms with van der Waals surface area (Å²) in [5, 5.41) is 11.4. The summed E-state index contributed by atoms with van der Waals surface area (Å²) in [4.78, 5) is 11.9. The molecule has 0 saturated carbocycles. The first-order valence-electron chi connectivity index (χ1n) is 5.88. The zero-order valence-corrected chi connectivity index (χ0v) is 12.0. The molecule has 0 aromatic heterocycles. The van der Waals surface area contributed by atoms with E-state index in [2.05, 4.69) is 21.2 Å². The minimum Gasteiger partial charge on any atom is -0.394 e. The lowest BCUT2D eigenvalue weighted by atomic mass is 10.1. The maximum Gasteiger partial charge on any atom is 0.251 e. The predicted molar refractivity (Wildman–Crippen MR) is 73.7 cm³/mol. The molecule has 4 nitrogen and oxygen atoms in total. The average molecular weight is 316 g/mol. The van der Waals surface area contributed by atoms with Gasteiger partial charge >= 0.3 is 0 Å². The molecule has 0 aliphatic heterocycles. The SMILES string of the molecule is Cc1cc(Br)ccc1C(=O)NCCCOCCO. The molecule has 1 rings (SSSR count). The summed E-state index contributed by atoms with van der Waals surface area (Å²) >= 11 is 3.36. The topological polar surface area (TPSA) is 58.6 Å². The first-order chi connectivity index (χ1) is 8.65. The molecule has 0 unspecified atom stereocenters. The average Bonchev–Trinajstić information content (AvgIpc) is 2.33. The van der Waals surface area contributed by atoms with Crippen LogP contribution in [0.25, 0.3) is 0 Å². The minimum atomic E-state index is -0.0674. The number of aliphatic hydroxyl groups is 1. The van der Waals surface area contributed by atoms with Crippen molar-refractivity contribution < 1.29 is 14.6 Å². The molecule has 1 aromatic rings. The molecule has 0 bridgehead atoms. The van der Waals surface area contributed by atoms with Gasteiger partial charge in [0.25, 0.3) is 5.91 Å². The van der Waals surface area contributed by atoms with Crippen LogP contribution in [0.3, 0.4) is 0 Å². The number of aryl methyl sites for hydroxylation is 1. The Morgan fingerprint density at radius 3 is 2.89 bits per heavy atom. The number of hydrogen-bond donors (Lipinski definition) is 2. The minimum absolute atomic E-state index is 0.0322. The van der Waals surface area contributed by atoms with Gasteiger partial charge in [0.2, 0.25) is 0 Å². The molecular weight excluding hydrogens is 298 g/mol. The molecule has 0 spiro atoms. The largest absolute Gasteiger partial charge is 0.394 e. The second-order valence-corrected chi connectivity index (χ2v) is 4.82. The highest BCUT2D eigenvalue weighted by atomic mass is 79.9. The van der Waals surface area contributed by atoms with Gasteiger partial charge in [-0.3, -0.25) is 4.79 Å². The van der Waals surface area contributed by atoms with Crippen molar-refractivity contribution in [2.24, 2.45) is 0 Å². The van der Waals surface area contributed by atoms with E-state index in [0.29, 0.717) is 25.3 Å². The van der Waals surface area contributed by atoms with E-state index in [0.717, 1.165) is 16.5 Å². The van der Waals surface area contributed by atoms with Gasteiger partial charge in [-0.05, 0) is 37.1 Å². The third-order valence-corrected chi connectivity index (χ3v) is 2.91. The van der Waals surface area contributed by atoms with Crippen LogP contribution in [0.5, 0.6) is 0 Å². The second-order valence-electron chi connectivity index (χ2n) is 3.90. The number of benzene rings is 1. The van der Waals surface area contributed by atoms with E-state index in [1.807, 2.05) is 19.1 Å². The lowest BCUT2D eigenvalue weighted by Gasteiger charge is -2.08. The Kier molecular flexibility index (Phi) is 6.93. The van der Waals surface area contributed by atoms with Gasteiger partial charge in [0.15, 0.2) is 0 Å². The van der Waals surface area contributed by atoms with Crippen LogP contribution in [-0.4, -0.2) is 37.4 Å². The fourth-order valence-electron chi connectivity index (χ4n) is 1.52. The number of hydrogen-bond acceptors (Lipinski definition) is 3. The Balaban J connectivity index is 2.32. The summed E-state index contributed by atoms with van der Waals surface area (Å²) in [6, 6.07) is 5.57. The van der Waals surface area contributed by atoms with Crippen LogP contribution < -0.4 is 5.32 Å². The highest BCUT2D eigenvalue weighted by Gasteiger charge is 2.07. The summed E-state index contributed by atoms with van der Waals surface area (Å²) < 4.78 is 6.07. The van der Waals surface area contributed by atoms with Gasteiger partial charge in [0, 0.05) is 23.2 Å². The molecule has 2 N–H and O–H groups in total.